The number of ether oxygens (including phenoxy) is 2. The summed E-state index contributed by atoms with van der Waals surface area (Å²) in [6.45, 7) is 4.54. The quantitative estimate of drug-likeness (QED) is 0.789. The Morgan fingerprint density at radius 1 is 1.25 bits per heavy atom. The molecule has 1 amide bonds. The molecule has 0 bridgehead atoms. The maximum absolute atomic E-state index is 12.2. The molecule has 0 N–H and O–H groups in total. The summed E-state index contributed by atoms with van der Waals surface area (Å²) in [5, 5.41) is 0. The van der Waals surface area contributed by atoms with Gasteiger partial charge in [-0.05, 0) is 17.7 Å². The van der Waals surface area contributed by atoms with Crippen molar-refractivity contribution in [1.82, 2.24) is 9.80 Å². The molecule has 1 fully saturated rings. The molecule has 5 nitrogen and oxygen atoms in total. The minimum atomic E-state index is -4.71. The molecule has 1 saturated heterocycles. The maximum atomic E-state index is 12.2. The van der Waals surface area contributed by atoms with E-state index in [4.69, 9.17) is 4.74 Å². The highest BCUT2D eigenvalue weighted by atomic mass is 19.4. The molecule has 0 aromatic heterocycles. The van der Waals surface area contributed by atoms with Crippen molar-refractivity contribution >= 4 is 5.91 Å². The van der Waals surface area contributed by atoms with Gasteiger partial charge in [0.1, 0.15) is 5.75 Å². The zero-order valence-corrected chi connectivity index (χ0v) is 13.5. The van der Waals surface area contributed by atoms with Crippen LogP contribution in [0.2, 0.25) is 0 Å². The predicted molar refractivity (Wildman–Crippen MR) is 81.7 cm³/mol. The average Bonchev–Trinajstić information content (AvgIpc) is 2.54. The summed E-state index contributed by atoms with van der Waals surface area (Å²) < 4.78 is 45.4. The number of hydrogen-bond donors (Lipinski definition) is 0. The molecule has 1 aliphatic heterocycles. The first-order valence-electron chi connectivity index (χ1n) is 7.72. The Labute approximate surface area is 138 Å². The lowest BCUT2D eigenvalue weighted by Gasteiger charge is -2.28. The summed E-state index contributed by atoms with van der Waals surface area (Å²) in [6, 6.07) is 5.36. The van der Waals surface area contributed by atoms with Crippen LogP contribution in [-0.2, 0) is 16.0 Å². The molecule has 1 aliphatic rings. The Kier molecular flexibility index (Phi) is 6.44. The van der Waals surface area contributed by atoms with E-state index in [0.29, 0.717) is 25.3 Å². The summed E-state index contributed by atoms with van der Waals surface area (Å²) in [6.07, 6.45) is -4.57. The van der Waals surface area contributed by atoms with Gasteiger partial charge in [-0.1, -0.05) is 12.1 Å². The van der Waals surface area contributed by atoms with Crippen molar-refractivity contribution < 1.29 is 27.4 Å². The van der Waals surface area contributed by atoms with Gasteiger partial charge in [-0.25, -0.2) is 0 Å². The van der Waals surface area contributed by atoms with Crippen LogP contribution in [0.25, 0.3) is 0 Å². The predicted octanol–water partition coefficient (Wildman–Crippen LogP) is 1.92. The molecule has 1 aromatic carbocycles. The molecular weight excluding hydrogens is 325 g/mol. The summed E-state index contributed by atoms with van der Waals surface area (Å²) >= 11 is 0. The molecule has 1 aromatic rings. The lowest BCUT2D eigenvalue weighted by Crippen LogP contribution is -2.42. The van der Waals surface area contributed by atoms with Crippen molar-refractivity contribution in [3.05, 3.63) is 29.8 Å². The molecule has 2 rings (SSSR count). The van der Waals surface area contributed by atoms with Gasteiger partial charge in [0, 0.05) is 33.2 Å². The lowest BCUT2D eigenvalue weighted by atomic mass is 10.1. The zero-order chi connectivity index (χ0) is 17.6. The van der Waals surface area contributed by atoms with Crippen LogP contribution in [0, 0.1) is 0 Å². The standard InChI is InChI=1S/C16H21F3N2O3/c1-20(6-7-21-8-10-23-11-9-21)15(22)12-13-2-4-14(5-3-13)24-16(17,18)19/h2-5H,6-12H2,1H3. The van der Waals surface area contributed by atoms with E-state index in [2.05, 4.69) is 9.64 Å². The first-order chi connectivity index (χ1) is 11.3. The fraction of sp³-hybridized carbons (Fsp3) is 0.562. The van der Waals surface area contributed by atoms with E-state index >= 15 is 0 Å². The number of carbonyl (C=O) groups is 1. The maximum Gasteiger partial charge on any atom is 0.573 e. The number of likely N-dealkylation sites (N-methyl/N-ethyl adjacent to an activating group) is 1. The van der Waals surface area contributed by atoms with Crippen LogP contribution in [0.1, 0.15) is 5.56 Å². The van der Waals surface area contributed by atoms with Gasteiger partial charge in [-0.15, -0.1) is 13.2 Å². The second-order valence-electron chi connectivity index (χ2n) is 5.64. The van der Waals surface area contributed by atoms with Crippen LogP contribution in [0.4, 0.5) is 13.2 Å². The second-order valence-corrected chi connectivity index (χ2v) is 5.64. The Bertz CT molecular complexity index is 528. The van der Waals surface area contributed by atoms with Gasteiger partial charge in [-0.3, -0.25) is 9.69 Å². The number of alkyl halides is 3. The number of morpholine rings is 1. The summed E-state index contributed by atoms with van der Waals surface area (Å²) in [4.78, 5) is 16.0. The monoisotopic (exact) mass is 346 g/mol. The minimum Gasteiger partial charge on any atom is -0.406 e. The van der Waals surface area contributed by atoms with E-state index in [0.717, 1.165) is 19.6 Å². The molecule has 0 radical (unpaired) electrons. The van der Waals surface area contributed by atoms with Crippen LogP contribution in [0.5, 0.6) is 5.75 Å². The van der Waals surface area contributed by atoms with Crippen molar-refractivity contribution in [3.63, 3.8) is 0 Å². The fourth-order valence-corrected chi connectivity index (χ4v) is 2.36. The summed E-state index contributed by atoms with van der Waals surface area (Å²) in [7, 11) is 1.73. The van der Waals surface area contributed by atoms with E-state index in [-0.39, 0.29) is 18.1 Å². The van der Waals surface area contributed by atoms with Gasteiger partial charge < -0.3 is 14.4 Å². The smallest absolute Gasteiger partial charge is 0.406 e. The molecule has 1 heterocycles. The summed E-state index contributed by atoms with van der Waals surface area (Å²) in [5.41, 5.74) is 0.646. The summed E-state index contributed by atoms with van der Waals surface area (Å²) in [5.74, 6) is -0.368. The highest BCUT2D eigenvalue weighted by Crippen LogP contribution is 2.22. The third kappa shape index (κ3) is 6.37. The molecule has 0 atom stereocenters. The number of amides is 1. The molecule has 24 heavy (non-hydrogen) atoms. The van der Waals surface area contributed by atoms with E-state index in [1.807, 2.05) is 0 Å². The fourth-order valence-electron chi connectivity index (χ4n) is 2.36. The van der Waals surface area contributed by atoms with Crippen molar-refractivity contribution in [2.75, 3.05) is 46.4 Å². The minimum absolute atomic E-state index is 0.0762. The van der Waals surface area contributed by atoms with Crippen LogP contribution < -0.4 is 4.74 Å². The second kappa shape index (κ2) is 8.34. The van der Waals surface area contributed by atoms with E-state index in [1.165, 1.54) is 24.3 Å². The highest BCUT2D eigenvalue weighted by Gasteiger charge is 2.31. The molecule has 0 saturated carbocycles. The largest absolute Gasteiger partial charge is 0.573 e. The Morgan fingerprint density at radius 3 is 2.46 bits per heavy atom. The highest BCUT2D eigenvalue weighted by molar-refractivity contribution is 5.78. The van der Waals surface area contributed by atoms with Gasteiger partial charge in [0.05, 0.1) is 19.6 Å². The van der Waals surface area contributed by atoms with Crippen molar-refractivity contribution in [2.24, 2.45) is 0 Å². The molecular formula is C16H21F3N2O3. The third-order valence-corrected chi connectivity index (χ3v) is 3.79. The number of halogens is 3. The zero-order valence-electron chi connectivity index (χ0n) is 13.5. The molecule has 134 valence electrons. The van der Waals surface area contributed by atoms with Gasteiger partial charge >= 0.3 is 6.36 Å². The first-order valence-corrected chi connectivity index (χ1v) is 7.72. The normalized spacial score (nSPS) is 16.0. The Hall–Kier alpha value is -1.80. The van der Waals surface area contributed by atoms with Crippen LogP contribution in [-0.4, -0.2) is 68.5 Å². The van der Waals surface area contributed by atoms with Crippen molar-refractivity contribution in [3.8, 4) is 5.75 Å². The topological polar surface area (TPSA) is 42.0 Å². The van der Waals surface area contributed by atoms with Crippen LogP contribution in [0.15, 0.2) is 24.3 Å². The Morgan fingerprint density at radius 2 is 1.88 bits per heavy atom. The Balaban J connectivity index is 1.78. The van der Waals surface area contributed by atoms with Gasteiger partial charge in [0.2, 0.25) is 5.91 Å². The van der Waals surface area contributed by atoms with Crippen molar-refractivity contribution in [2.45, 2.75) is 12.8 Å². The van der Waals surface area contributed by atoms with Crippen molar-refractivity contribution in [1.29, 1.82) is 0 Å². The number of carbonyl (C=O) groups excluding carboxylic acids is 1. The van der Waals surface area contributed by atoms with E-state index in [1.54, 1.807) is 11.9 Å². The number of nitrogens with zero attached hydrogens (tertiary/aromatic N) is 2. The van der Waals surface area contributed by atoms with Crippen LogP contribution in [0.3, 0.4) is 0 Å². The number of rotatable bonds is 6. The molecule has 8 heteroatoms. The SMILES string of the molecule is CN(CCN1CCOCC1)C(=O)Cc1ccc(OC(F)(F)F)cc1. The average molecular weight is 346 g/mol. The number of hydrogen-bond acceptors (Lipinski definition) is 4. The van der Waals surface area contributed by atoms with Crippen LogP contribution >= 0.6 is 0 Å². The third-order valence-electron chi connectivity index (χ3n) is 3.79. The van der Waals surface area contributed by atoms with Gasteiger partial charge in [-0.2, -0.15) is 0 Å². The first kappa shape index (κ1) is 18.5. The van der Waals surface area contributed by atoms with Gasteiger partial charge in [0.25, 0.3) is 0 Å². The van der Waals surface area contributed by atoms with E-state index in [9.17, 15) is 18.0 Å². The van der Waals surface area contributed by atoms with Gasteiger partial charge in [0.15, 0.2) is 0 Å². The van der Waals surface area contributed by atoms with E-state index < -0.39 is 6.36 Å². The lowest BCUT2D eigenvalue weighted by molar-refractivity contribution is -0.274. The number of benzene rings is 1. The molecule has 0 aliphatic carbocycles. The molecule has 0 unspecified atom stereocenters. The molecule has 0 spiro atoms.